The van der Waals surface area contributed by atoms with Crippen LogP contribution in [0.1, 0.15) is 17.5 Å². The van der Waals surface area contributed by atoms with E-state index in [1.54, 1.807) is 11.6 Å². The number of thioether (sulfide) groups is 1. The van der Waals surface area contributed by atoms with Gasteiger partial charge in [-0.05, 0) is 30.0 Å². The fourth-order valence-electron chi connectivity index (χ4n) is 2.02. The number of imidazole rings is 1. The van der Waals surface area contributed by atoms with Crippen molar-refractivity contribution in [1.82, 2.24) is 9.55 Å². The third-order valence-electron chi connectivity index (χ3n) is 3.06. The van der Waals surface area contributed by atoms with Crippen molar-refractivity contribution in [2.45, 2.75) is 13.3 Å². The van der Waals surface area contributed by atoms with Crippen LogP contribution in [0.25, 0.3) is 11.3 Å². The standard InChI is InChI=1S/C15H15F3N2O2S/c1-3-23-9-13(21)14-19-8-12(20(14)2)10-4-6-11(7-5-10)22-15(16,17)18/h4-8H,3,9H2,1-2H3. The molecule has 4 nitrogen and oxygen atoms in total. The summed E-state index contributed by atoms with van der Waals surface area (Å²) in [5.41, 5.74) is 1.30. The number of halogens is 3. The van der Waals surface area contributed by atoms with E-state index in [1.807, 2.05) is 6.92 Å². The Labute approximate surface area is 135 Å². The predicted octanol–water partition coefficient (Wildman–Crippen LogP) is 3.92. The van der Waals surface area contributed by atoms with Gasteiger partial charge in [0.1, 0.15) is 5.75 Å². The molecule has 0 bridgehead atoms. The van der Waals surface area contributed by atoms with Gasteiger partial charge in [-0.25, -0.2) is 4.98 Å². The molecule has 0 aliphatic rings. The van der Waals surface area contributed by atoms with E-state index in [-0.39, 0.29) is 11.5 Å². The van der Waals surface area contributed by atoms with Gasteiger partial charge in [-0.3, -0.25) is 4.79 Å². The molecule has 8 heteroatoms. The van der Waals surface area contributed by atoms with Crippen molar-refractivity contribution in [3.63, 3.8) is 0 Å². The van der Waals surface area contributed by atoms with Gasteiger partial charge in [-0.15, -0.1) is 13.2 Å². The van der Waals surface area contributed by atoms with Crippen molar-refractivity contribution in [3.05, 3.63) is 36.3 Å². The van der Waals surface area contributed by atoms with Crippen molar-refractivity contribution in [1.29, 1.82) is 0 Å². The van der Waals surface area contributed by atoms with Crippen LogP contribution in [0.3, 0.4) is 0 Å². The summed E-state index contributed by atoms with van der Waals surface area (Å²) in [7, 11) is 1.70. The lowest BCUT2D eigenvalue weighted by atomic mass is 10.1. The smallest absolute Gasteiger partial charge is 0.406 e. The summed E-state index contributed by atoms with van der Waals surface area (Å²) < 4.78 is 41.9. The zero-order chi connectivity index (χ0) is 17.0. The van der Waals surface area contributed by atoms with E-state index in [0.29, 0.717) is 22.8 Å². The molecule has 0 saturated carbocycles. The Morgan fingerprint density at radius 2 is 1.96 bits per heavy atom. The molecule has 1 heterocycles. The van der Waals surface area contributed by atoms with Crippen LogP contribution in [0.4, 0.5) is 13.2 Å². The predicted molar refractivity (Wildman–Crippen MR) is 82.7 cm³/mol. The maximum absolute atomic E-state index is 12.1. The normalized spacial score (nSPS) is 11.5. The third kappa shape index (κ3) is 4.51. The first-order chi connectivity index (χ1) is 10.8. The van der Waals surface area contributed by atoms with Gasteiger partial charge in [0, 0.05) is 12.6 Å². The molecule has 0 atom stereocenters. The average Bonchev–Trinajstić information content (AvgIpc) is 2.86. The minimum Gasteiger partial charge on any atom is -0.406 e. The van der Waals surface area contributed by atoms with Crippen LogP contribution in [0.5, 0.6) is 5.75 Å². The molecular weight excluding hydrogens is 329 g/mol. The van der Waals surface area contributed by atoms with Crippen LogP contribution in [0, 0.1) is 0 Å². The Kier molecular flexibility index (Phi) is 5.35. The number of ketones is 1. The Morgan fingerprint density at radius 3 is 2.52 bits per heavy atom. The van der Waals surface area contributed by atoms with E-state index in [2.05, 4.69) is 9.72 Å². The molecule has 1 aromatic carbocycles. The molecule has 0 radical (unpaired) electrons. The number of alkyl halides is 3. The molecule has 0 fully saturated rings. The summed E-state index contributed by atoms with van der Waals surface area (Å²) in [5.74, 6) is 1.14. The van der Waals surface area contributed by atoms with Gasteiger partial charge < -0.3 is 9.30 Å². The number of hydrogen-bond acceptors (Lipinski definition) is 4. The van der Waals surface area contributed by atoms with Crippen molar-refractivity contribution in [2.75, 3.05) is 11.5 Å². The third-order valence-corrected chi connectivity index (χ3v) is 3.93. The summed E-state index contributed by atoms with van der Waals surface area (Å²) in [4.78, 5) is 16.1. The monoisotopic (exact) mass is 344 g/mol. The minimum absolute atomic E-state index is 0.0809. The molecule has 0 aliphatic carbocycles. The lowest BCUT2D eigenvalue weighted by Gasteiger charge is -2.10. The second-order valence-electron chi connectivity index (χ2n) is 4.66. The lowest BCUT2D eigenvalue weighted by Crippen LogP contribution is -2.17. The summed E-state index contributed by atoms with van der Waals surface area (Å²) in [6.45, 7) is 1.96. The number of benzene rings is 1. The number of ether oxygens (including phenoxy) is 1. The molecule has 124 valence electrons. The topological polar surface area (TPSA) is 44.1 Å². The number of carbonyl (C=O) groups is 1. The van der Waals surface area contributed by atoms with Gasteiger partial charge in [-0.2, -0.15) is 11.8 Å². The molecule has 2 aromatic rings. The summed E-state index contributed by atoms with van der Waals surface area (Å²) in [6.07, 6.45) is -3.19. The Morgan fingerprint density at radius 1 is 1.30 bits per heavy atom. The fourth-order valence-corrected chi connectivity index (χ4v) is 2.54. The van der Waals surface area contributed by atoms with Crippen LogP contribution in [0.2, 0.25) is 0 Å². The second-order valence-corrected chi connectivity index (χ2v) is 5.93. The first kappa shape index (κ1) is 17.4. The van der Waals surface area contributed by atoms with Crippen molar-refractivity contribution in [3.8, 4) is 17.0 Å². The lowest BCUT2D eigenvalue weighted by molar-refractivity contribution is -0.274. The van der Waals surface area contributed by atoms with Crippen molar-refractivity contribution in [2.24, 2.45) is 7.05 Å². The van der Waals surface area contributed by atoms with Gasteiger partial charge in [0.25, 0.3) is 0 Å². The molecule has 0 aliphatic heterocycles. The van der Waals surface area contributed by atoms with E-state index < -0.39 is 6.36 Å². The molecule has 0 unspecified atom stereocenters. The number of aromatic nitrogens is 2. The highest BCUT2D eigenvalue weighted by Gasteiger charge is 2.31. The summed E-state index contributed by atoms with van der Waals surface area (Å²) in [6, 6.07) is 5.44. The van der Waals surface area contributed by atoms with E-state index in [0.717, 1.165) is 5.75 Å². The number of Topliss-reactive ketones (excluding diaryl/α,β-unsaturated/α-hetero) is 1. The quantitative estimate of drug-likeness (QED) is 0.745. The largest absolute Gasteiger partial charge is 0.573 e. The minimum atomic E-state index is -4.72. The zero-order valence-corrected chi connectivity index (χ0v) is 13.4. The molecule has 0 amide bonds. The molecule has 0 N–H and O–H groups in total. The number of nitrogens with zero attached hydrogens (tertiary/aromatic N) is 2. The van der Waals surface area contributed by atoms with Crippen LogP contribution in [-0.4, -0.2) is 33.2 Å². The van der Waals surface area contributed by atoms with Gasteiger partial charge in [-0.1, -0.05) is 6.92 Å². The van der Waals surface area contributed by atoms with E-state index in [9.17, 15) is 18.0 Å². The zero-order valence-electron chi connectivity index (χ0n) is 12.6. The fraction of sp³-hybridized carbons (Fsp3) is 0.333. The average molecular weight is 344 g/mol. The van der Waals surface area contributed by atoms with Gasteiger partial charge in [0.2, 0.25) is 5.78 Å². The van der Waals surface area contributed by atoms with Crippen LogP contribution < -0.4 is 4.74 Å². The highest BCUT2D eigenvalue weighted by Crippen LogP contribution is 2.26. The number of carbonyl (C=O) groups excluding carboxylic acids is 1. The van der Waals surface area contributed by atoms with Crippen LogP contribution in [-0.2, 0) is 7.05 Å². The number of rotatable bonds is 6. The van der Waals surface area contributed by atoms with Crippen LogP contribution in [0.15, 0.2) is 30.5 Å². The maximum atomic E-state index is 12.1. The highest BCUT2D eigenvalue weighted by atomic mass is 32.2. The van der Waals surface area contributed by atoms with E-state index in [4.69, 9.17) is 0 Å². The van der Waals surface area contributed by atoms with E-state index in [1.165, 1.54) is 42.2 Å². The molecular formula is C15H15F3N2O2S. The Hall–Kier alpha value is -1.96. The van der Waals surface area contributed by atoms with E-state index >= 15 is 0 Å². The molecule has 23 heavy (non-hydrogen) atoms. The maximum Gasteiger partial charge on any atom is 0.573 e. The van der Waals surface area contributed by atoms with Crippen LogP contribution >= 0.6 is 11.8 Å². The molecule has 1 aromatic heterocycles. The van der Waals surface area contributed by atoms with Crippen molar-refractivity contribution >= 4 is 17.5 Å². The highest BCUT2D eigenvalue weighted by molar-refractivity contribution is 7.99. The van der Waals surface area contributed by atoms with Gasteiger partial charge >= 0.3 is 6.36 Å². The first-order valence-electron chi connectivity index (χ1n) is 6.80. The summed E-state index contributed by atoms with van der Waals surface area (Å²) >= 11 is 1.51. The molecule has 2 rings (SSSR count). The Bertz CT molecular complexity index is 681. The Balaban J connectivity index is 2.19. The summed E-state index contributed by atoms with van der Waals surface area (Å²) in [5, 5.41) is 0. The van der Waals surface area contributed by atoms with Gasteiger partial charge in [0.05, 0.1) is 17.6 Å². The van der Waals surface area contributed by atoms with Gasteiger partial charge in [0.15, 0.2) is 5.82 Å². The SMILES string of the molecule is CCSCC(=O)c1ncc(-c2ccc(OC(F)(F)F)cc2)n1C. The second kappa shape index (κ2) is 7.08. The van der Waals surface area contributed by atoms with Crippen molar-refractivity contribution < 1.29 is 22.7 Å². The molecule has 0 spiro atoms. The first-order valence-corrected chi connectivity index (χ1v) is 7.96. The molecule has 0 saturated heterocycles. The number of hydrogen-bond donors (Lipinski definition) is 0.